The van der Waals surface area contributed by atoms with E-state index in [0.717, 1.165) is 5.69 Å². The highest BCUT2D eigenvalue weighted by atomic mass is 16.2. The first kappa shape index (κ1) is 15.0. The lowest BCUT2D eigenvalue weighted by molar-refractivity contribution is -0.136. The van der Waals surface area contributed by atoms with Crippen molar-refractivity contribution in [3.63, 3.8) is 0 Å². The van der Waals surface area contributed by atoms with Gasteiger partial charge in [-0.25, -0.2) is 0 Å². The number of carbonyl (C=O) groups is 2. The Morgan fingerprint density at radius 2 is 2.05 bits per heavy atom. The molecule has 0 saturated heterocycles. The molecule has 0 aliphatic rings. The molecule has 2 amide bonds. The molecule has 7 heteroatoms. The second-order valence-electron chi connectivity index (χ2n) is 4.32. The number of nitrogens with one attached hydrogen (secondary N) is 1. The van der Waals surface area contributed by atoms with Gasteiger partial charge in [0.15, 0.2) is 0 Å². The van der Waals surface area contributed by atoms with E-state index in [-0.39, 0.29) is 24.9 Å². The number of aryl methyl sites for hydroxylation is 1. The summed E-state index contributed by atoms with van der Waals surface area (Å²) in [5, 5.41) is 6.71. The van der Waals surface area contributed by atoms with Crippen LogP contribution in [-0.2, 0) is 16.1 Å². The number of nitrogens with zero attached hydrogens (tertiary/aromatic N) is 3. The van der Waals surface area contributed by atoms with E-state index in [1.165, 1.54) is 4.90 Å². The Hall–Kier alpha value is -2.05. The number of likely N-dealkylation sites (N-methyl/N-ethyl adjacent to an activating group) is 2. The summed E-state index contributed by atoms with van der Waals surface area (Å²) in [6.45, 7) is 6.07. The van der Waals surface area contributed by atoms with Gasteiger partial charge in [0, 0.05) is 13.6 Å². The quantitative estimate of drug-likeness (QED) is 0.764. The van der Waals surface area contributed by atoms with Crippen LogP contribution in [0.25, 0.3) is 0 Å². The Balaban J connectivity index is 2.77. The van der Waals surface area contributed by atoms with Gasteiger partial charge >= 0.3 is 0 Å². The molecule has 0 saturated carbocycles. The average Bonchev–Trinajstić information content (AvgIpc) is 2.63. The Bertz CT molecular complexity index is 481. The van der Waals surface area contributed by atoms with Crippen molar-refractivity contribution in [2.75, 3.05) is 25.9 Å². The summed E-state index contributed by atoms with van der Waals surface area (Å²) >= 11 is 0. The molecule has 0 aromatic carbocycles. The number of rotatable bonds is 5. The van der Waals surface area contributed by atoms with Crippen LogP contribution >= 0.6 is 0 Å². The molecule has 0 spiro atoms. The van der Waals surface area contributed by atoms with Crippen LogP contribution in [0.5, 0.6) is 0 Å². The lowest BCUT2D eigenvalue weighted by atomic mass is 10.3. The predicted octanol–water partition coefficient (Wildman–Crippen LogP) is -0.323. The lowest BCUT2D eigenvalue weighted by Gasteiger charge is -2.20. The Labute approximate surface area is 112 Å². The molecule has 7 nitrogen and oxygen atoms in total. The molecule has 0 atom stereocenters. The molecule has 1 aromatic rings. The molecule has 0 aliphatic heterocycles. The molecule has 0 fully saturated rings. The number of aromatic nitrogens is 2. The maximum absolute atomic E-state index is 12.1. The van der Waals surface area contributed by atoms with Crippen molar-refractivity contribution in [2.45, 2.75) is 27.3 Å². The predicted molar refractivity (Wildman–Crippen MR) is 72.4 cm³/mol. The van der Waals surface area contributed by atoms with Crippen molar-refractivity contribution >= 4 is 17.5 Å². The molecule has 0 unspecified atom stereocenters. The standard InChI is InChI=1S/C12H21N5O2/c1-5-16(6-10(18)14-4)11(19)7-17-9(3)12(13)8(2)15-17/h5-7,13H2,1-4H3,(H,14,18). The number of hydrogen-bond donors (Lipinski definition) is 2. The average molecular weight is 267 g/mol. The van der Waals surface area contributed by atoms with E-state index in [1.807, 2.05) is 13.8 Å². The second-order valence-corrected chi connectivity index (χ2v) is 4.32. The normalized spacial score (nSPS) is 10.3. The maximum atomic E-state index is 12.1. The highest BCUT2D eigenvalue weighted by Crippen LogP contribution is 2.14. The number of amides is 2. The minimum absolute atomic E-state index is 0.0562. The van der Waals surface area contributed by atoms with Crippen LogP contribution in [-0.4, -0.2) is 46.6 Å². The fourth-order valence-corrected chi connectivity index (χ4v) is 1.72. The Morgan fingerprint density at radius 1 is 1.42 bits per heavy atom. The molecule has 1 rings (SSSR count). The molecule has 0 radical (unpaired) electrons. The van der Waals surface area contributed by atoms with E-state index >= 15 is 0 Å². The van der Waals surface area contributed by atoms with Gasteiger partial charge in [-0.05, 0) is 20.8 Å². The van der Waals surface area contributed by atoms with Gasteiger partial charge < -0.3 is 16.0 Å². The van der Waals surface area contributed by atoms with E-state index in [2.05, 4.69) is 10.4 Å². The minimum Gasteiger partial charge on any atom is -0.396 e. The Kier molecular flexibility index (Phi) is 4.91. The van der Waals surface area contributed by atoms with Gasteiger partial charge in [-0.1, -0.05) is 0 Å². The summed E-state index contributed by atoms with van der Waals surface area (Å²) in [6, 6.07) is 0. The fourth-order valence-electron chi connectivity index (χ4n) is 1.72. The molecule has 0 bridgehead atoms. The van der Waals surface area contributed by atoms with Crippen molar-refractivity contribution in [3.05, 3.63) is 11.4 Å². The van der Waals surface area contributed by atoms with Crippen LogP contribution in [0.15, 0.2) is 0 Å². The van der Waals surface area contributed by atoms with Gasteiger partial charge in [-0.3, -0.25) is 14.3 Å². The minimum atomic E-state index is -0.192. The van der Waals surface area contributed by atoms with Gasteiger partial charge in [0.05, 0.1) is 23.6 Å². The van der Waals surface area contributed by atoms with Crippen LogP contribution in [0.3, 0.4) is 0 Å². The summed E-state index contributed by atoms with van der Waals surface area (Å²) < 4.78 is 1.57. The van der Waals surface area contributed by atoms with E-state index in [1.54, 1.807) is 18.7 Å². The molecular formula is C12H21N5O2. The summed E-state index contributed by atoms with van der Waals surface area (Å²) in [5.74, 6) is -0.347. The van der Waals surface area contributed by atoms with E-state index in [0.29, 0.717) is 17.9 Å². The van der Waals surface area contributed by atoms with Crippen LogP contribution < -0.4 is 11.1 Å². The van der Waals surface area contributed by atoms with Gasteiger partial charge in [0.25, 0.3) is 0 Å². The van der Waals surface area contributed by atoms with E-state index < -0.39 is 0 Å². The van der Waals surface area contributed by atoms with Gasteiger partial charge in [-0.2, -0.15) is 5.10 Å². The molecule has 106 valence electrons. The zero-order valence-corrected chi connectivity index (χ0v) is 11.9. The highest BCUT2D eigenvalue weighted by Gasteiger charge is 2.17. The van der Waals surface area contributed by atoms with Gasteiger partial charge in [-0.15, -0.1) is 0 Å². The van der Waals surface area contributed by atoms with E-state index in [4.69, 9.17) is 5.73 Å². The zero-order valence-electron chi connectivity index (χ0n) is 11.9. The number of anilines is 1. The van der Waals surface area contributed by atoms with Crippen LogP contribution in [0.2, 0.25) is 0 Å². The molecule has 1 heterocycles. The molecular weight excluding hydrogens is 246 g/mol. The summed E-state index contributed by atoms with van der Waals surface area (Å²) in [6.07, 6.45) is 0. The third kappa shape index (κ3) is 3.46. The summed E-state index contributed by atoms with van der Waals surface area (Å²) in [7, 11) is 1.54. The van der Waals surface area contributed by atoms with Crippen molar-refractivity contribution in [1.29, 1.82) is 0 Å². The summed E-state index contributed by atoms with van der Waals surface area (Å²) in [5.41, 5.74) is 7.89. The lowest BCUT2D eigenvalue weighted by Crippen LogP contribution is -2.41. The molecule has 1 aromatic heterocycles. The third-order valence-electron chi connectivity index (χ3n) is 3.07. The van der Waals surface area contributed by atoms with Crippen molar-refractivity contribution in [2.24, 2.45) is 0 Å². The van der Waals surface area contributed by atoms with Crippen molar-refractivity contribution in [1.82, 2.24) is 20.0 Å². The molecule has 19 heavy (non-hydrogen) atoms. The maximum Gasteiger partial charge on any atom is 0.244 e. The SMILES string of the molecule is CCN(CC(=O)NC)C(=O)Cn1nc(C)c(N)c1C. The first-order chi connectivity index (χ1) is 8.90. The van der Waals surface area contributed by atoms with Crippen molar-refractivity contribution in [3.8, 4) is 0 Å². The fraction of sp³-hybridized carbons (Fsp3) is 0.583. The smallest absolute Gasteiger partial charge is 0.244 e. The zero-order chi connectivity index (χ0) is 14.6. The van der Waals surface area contributed by atoms with Crippen LogP contribution in [0, 0.1) is 13.8 Å². The number of nitrogen functional groups attached to an aromatic ring is 1. The third-order valence-corrected chi connectivity index (χ3v) is 3.07. The first-order valence-corrected chi connectivity index (χ1v) is 6.18. The van der Waals surface area contributed by atoms with Crippen molar-refractivity contribution < 1.29 is 9.59 Å². The van der Waals surface area contributed by atoms with E-state index in [9.17, 15) is 9.59 Å². The van der Waals surface area contributed by atoms with Crippen LogP contribution in [0.4, 0.5) is 5.69 Å². The largest absolute Gasteiger partial charge is 0.396 e. The topological polar surface area (TPSA) is 93.2 Å². The Morgan fingerprint density at radius 3 is 2.47 bits per heavy atom. The molecule has 3 N–H and O–H groups in total. The molecule has 0 aliphatic carbocycles. The van der Waals surface area contributed by atoms with Gasteiger partial charge in [0.2, 0.25) is 11.8 Å². The highest BCUT2D eigenvalue weighted by molar-refractivity contribution is 5.84. The summed E-state index contributed by atoms with van der Waals surface area (Å²) in [4.78, 5) is 24.9. The number of carbonyl (C=O) groups excluding carboxylic acids is 2. The first-order valence-electron chi connectivity index (χ1n) is 6.18. The number of nitrogens with two attached hydrogens (primary N) is 1. The van der Waals surface area contributed by atoms with Gasteiger partial charge in [0.1, 0.15) is 6.54 Å². The van der Waals surface area contributed by atoms with Crippen LogP contribution in [0.1, 0.15) is 18.3 Å². The second kappa shape index (κ2) is 6.21. The monoisotopic (exact) mass is 267 g/mol. The number of hydrogen-bond acceptors (Lipinski definition) is 4.